The average Bonchev–Trinajstić information content (AvgIpc) is 2.64. The summed E-state index contributed by atoms with van der Waals surface area (Å²) in [5.41, 5.74) is 5.43. The fourth-order valence-corrected chi connectivity index (χ4v) is 3.15. The summed E-state index contributed by atoms with van der Waals surface area (Å²) in [6, 6.07) is 2.84. The van der Waals surface area contributed by atoms with E-state index in [4.69, 9.17) is 5.73 Å². The number of nitrogens with zero attached hydrogens (tertiary/aromatic N) is 1. The molecule has 1 amide bonds. The predicted octanol–water partition coefficient (Wildman–Crippen LogP) is -0.517. The topological polar surface area (TPSA) is 113 Å². The van der Waals surface area contributed by atoms with Crippen LogP contribution in [0, 0.1) is 0 Å². The van der Waals surface area contributed by atoms with Crippen molar-refractivity contribution in [2.24, 2.45) is 0 Å². The van der Waals surface area contributed by atoms with Crippen molar-refractivity contribution in [3.63, 3.8) is 0 Å². The highest BCUT2D eigenvalue weighted by molar-refractivity contribution is 7.89. The number of aromatic hydroxyl groups is 1. The van der Waals surface area contributed by atoms with Crippen LogP contribution in [0.15, 0.2) is 23.1 Å². The summed E-state index contributed by atoms with van der Waals surface area (Å²) in [4.78, 5) is 13.1. The van der Waals surface area contributed by atoms with Gasteiger partial charge in [-0.15, -0.1) is 0 Å². The van der Waals surface area contributed by atoms with E-state index in [1.165, 1.54) is 17.0 Å². The number of likely N-dealkylation sites (tertiary alicyclic amines) is 1. The molecule has 1 aliphatic rings. The molecule has 4 N–H and O–H groups in total. The van der Waals surface area contributed by atoms with Crippen LogP contribution in [0.25, 0.3) is 0 Å². The van der Waals surface area contributed by atoms with Crippen molar-refractivity contribution in [3.8, 4) is 5.75 Å². The fourth-order valence-electron chi connectivity index (χ4n) is 1.89. The minimum atomic E-state index is -3.83. The zero-order valence-electron chi connectivity index (χ0n) is 10.3. The number of nitrogen functional groups attached to an aromatic ring is 1. The number of carbonyl (C=O) groups excluding carboxylic acids is 1. The van der Waals surface area contributed by atoms with Crippen molar-refractivity contribution in [1.29, 1.82) is 0 Å². The molecule has 2 rings (SSSR count). The van der Waals surface area contributed by atoms with Gasteiger partial charge in [-0.3, -0.25) is 4.79 Å². The summed E-state index contributed by atoms with van der Waals surface area (Å²) >= 11 is 0. The van der Waals surface area contributed by atoms with Gasteiger partial charge in [-0.1, -0.05) is 0 Å². The summed E-state index contributed by atoms with van der Waals surface area (Å²) < 4.78 is 26.5. The van der Waals surface area contributed by atoms with Crippen molar-refractivity contribution >= 4 is 21.6 Å². The number of sulfonamides is 1. The second-order valence-corrected chi connectivity index (χ2v) is 6.16. The molecule has 1 heterocycles. The SMILES string of the molecule is CN1CCC(NS(=O)(=O)c2ccc(O)c(N)c2)C1=O. The van der Waals surface area contributed by atoms with Gasteiger partial charge in [0.15, 0.2) is 0 Å². The number of rotatable bonds is 3. The van der Waals surface area contributed by atoms with Crippen LogP contribution in [0.2, 0.25) is 0 Å². The van der Waals surface area contributed by atoms with Crippen LogP contribution in [-0.2, 0) is 14.8 Å². The van der Waals surface area contributed by atoms with E-state index < -0.39 is 16.1 Å². The summed E-state index contributed by atoms with van der Waals surface area (Å²) in [5, 5.41) is 9.27. The Labute approximate surface area is 111 Å². The Balaban J connectivity index is 2.23. The number of nitrogens with one attached hydrogen (secondary N) is 1. The Kier molecular flexibility index (Phi) is 3.38. The fraction of sp³-hybridized carbons (Fsp3) is 0.364. The van der Waals surface area contributed by atoms with Crippen LogP contribution in [0.3, 0.4) is 0 Å². The monoisotopic (exact) mass is 285 g/mol. The minimum absolute atomic E-state index is 0.0299. The molecule has 1 aromatic carbocycles. The Morgan fingerprint density at radius 1 is 1.47 bits per heavy atom. The standard InChI is InChI=1S/C11H15N3O4S/c1-14-5-4-9(11(14)16)13-19(17,18)7-2-3-10(15)8(12)6-7/h2-3,6,9,13,15H,4-5,12H2,1H3. The lowest BCUT2D eigenvalue weighted by Crippen LogP contribution is -2.40. The van der Waals surface area contributed by atoms with E-state index in [0.29, 0.717) is 13.0 Å². The third-order valence-corrected chi connectivity index (χ3v) is 4.50. The van der Waals surface area contributed by atoms with Crippen molar-refractivity contribution in [1.82, 2.24) is 9.62 Å². The summed E-state index contributed by atoms with van der Waals surface area (Å²) in [5.74, 6) is -0.439. The molecule has 104 valence electrons. The largest absolute Gasteiger partial charge is 0.506 e. The molecule has 0 aliphatic carbocycles. The molecular weight excluding hydrogens is 270 g/mol. The van der Waals surface area contributed by atoms with Gasteiger partial charge in [-0.05, 0) is 24.6 Å². The second-order valence-electron chi connectivity index (χ2n) is 4.44. The smallest absolute Gasteiger partial charge is 0.241 e. The van der Waals surface area contributed by atoms with Gasteiger partial charge in [-0.25, -0.2) is 8.42 Å². The van der Waals surface area contributed by atoms with Crippen LogP contribution < -0.4 is 10.5 Å². The Morgan fingerprint density at radius 3 is 2.68 bits per heavy atom. The Morgan fingerprint density at radius 2 is 2.16 bits per heavy atom. The zero-order chi connectivity index (χ0) is 14.2. The molecule has 19 heavy (non-hydrogen) atoms. The average molecular weight is 285 g/mol. The first-order chi connectivity index (χ1) is 8.81. The van der Waals surface area contributed by atoms with E-state index in [-0.39, 0.29) is 22.2 Å². The van der Waals surface area contributed by atoms with Crippen molar-refractivity contribution < 1.29 is 18.3 Å². The quantitative estimate of drug-likeness (QED) is 0.511. The first kappa shape index (κ1) is 13.6. The van der Waals surface area contributed by atoms with Gasteiger partial charge in [0.2, 0.25) is 15.9 Å². The highest BCUT2D eigenvalue weighted by Gasteiger charge is 2.32. The van der Waals surface area contributed by atoms with Crippen molar-refractivity contribution in [2.45, 2.75) is 17.4 Å². The van der Waals surface area contributed by atoms with E-state index in [9.17, 15) is 18.3 Å². The summed E-state index contributed by atoms with van der Waals surface area (Å²) in [6.45, 7) is 0.518. The molecule has 0 aromatic heterocycles. The van der Waals surface area contributed by atoms with E-state index in [1.807, 2.05) is 0 Å². The van der Waals surface area contributed by atoms with E-state index in [1.54, 1.807) is 7.05 Å². The van der Waals surface area contributed by atoms with Crippen molar-refractivity contribution in [3.05, 3.63) is 18.2 Å². The van der Waals surface area contributed by atoms with Crippen LogP contribution in [0.1, 0.15) is 6.42 Å². The first-order valence-corrected chi connectivity index (χ1v) is 7.15. The maximum Gasteiger partial charge on any atom is 0.241 e. The molecule has 7 nitrogen and oxygen atoms in total. The second kappa shape index (κ2) is 4.71. The van der Waals surface area contributed by atoms with E-state index in [2.05, 4.69) is 4.72 Å². The number of likely N-dealkylation sites (N-methyl/N-ethyl adjacent to an activating group) is 1. The van der Waals surface area contributed by atoms with Crippen LogP contribution in [0.5, 0.6) is 5.75 Å². The molecule has 0 bridgehead atoms. The molecule has 8 heteroatoms. The number of hydrogen-bond acceptors (Lipinski definition) is 5. The number of benzene rings is 1. The molecule has 1 unspecified atom stereocenters. The Bertz CT molecular complexity index is 614. The van der Waals surface area contributed by atoms with Crippen LogP contribution >= 0.6 is 0 Å². The highest BCUT2D eigenvalue weighted by atomic mass is 32.2. The molecule has 1 fully saturated rings. The number of amides is 1. The van der Waals surface area contributed by atoms with Gasteiger partial charge in [0.05, 0.1) is 10.6 Å². The minimum Gasteiger partial charge on any atom is -0.506 e. The normalized spacial score (nSPS) is 19.9. The Hall–Kier alpha value is -1.80. The molecule has 1 saturated heterocycles. The molecule has 0 saturated carbocycles. The predicted molar refractivity (Wildman–Crippen MR) is 68.9 cm³/mol. The van der Waals surface area contributed by atoms with Gasteiger partial charge in [0, 0.05) is 13.6 Å². The lowest BCUT2D eigenvalue weighted by molar-refractivity contribution is -0.127. The lowest BCUT2D eigenvalue weighted by atomic mass is 10.3. The van der Waals surface area contributed by atoms with Crippen LogP contribution in [0.4, 0.5) is 5.69 Å². The van der Waals surface area contributed by atoms with E-state index in [0.717, 1.165) is 6.07 Å². The van der Waals surface area contributed by atoms with Gasteiger partial charge >= 0.3 is 0 Å². The number of anilines is 1. The molecule has 1 aromatic rings. The molecule has 1 atom stereocenters. The number of hydrogen-bond donors (Lipinski definition) is 3. The van der Waals surface area contributed by atoms with Crippen molar-refractivity contribution in [2.75, 3.05) is 19.3 Å². The maximum absolute atomic E-state index is 12.1. The van der Waals surface area contributed by atoms with Gasteiger partial charge in [0.1, 0.15) is 11.8 Å². The van der Waals surface area contributed by atoms with Gasteiger partial charge in [0.25, 0.3) is 0 Å². The van der Waals surface area contributed by atoms with Gasteiger partial charge in [-0.2, -0.15) is 4.72 Å². The lowest BCUT2D eigenvalue weighted by Gasteiger charge is -2.13. The third kappa shape index (κ3) is 2.64. The summed E-state index contributed by atoms with van der Waals surface area (Å²) in [6.07, 6.45) is 0.433. The number of phenols is 1. The number of carbonyl (C=O) groups is 1. The molecular formula is C11H15N3O4S. The van der Waals surface area contributed by atoms with Gasteiger partial charge < -0.3 is 15.7 Å². The van der Waals surface area contributed by atoms with E-state index >= 15 is 0 Å². The zero-order valence-corrected chi connectivity index (χ0v) is 11.1. The summed E-state index contributed by atoms with van der Waals surface area (Å²) in [7, 11) is -2.21. The van der Waals surface area contributed by atoms with Crippen LogP contribution in [-0.4, -0.2) is 44.0 Å². The maximum atomic E-state index is 12.1. The number of nitrogens with two attached hydrogens (primary N) is 1. The molecule has 0 spiro atoms. The molecule has 1 aliphatic heterocycles. The first-order valence-electron chi connectivity index (χ1n) is 5.67. The highest BCUT2D eigenvalue weighted by Crippen LogP contribution is 2.23. The number of phenolic OH excluding ortho intramolecular Hbond substituents is 1. The third-order valence-electron chi connectivity index (χ3n) is 3.03. The molecule has 0 radical (unpaired) electrons.